The number of fused-ring (bicyclic) bond motifs is 1. The van der Waals surface area contributed by atoms with E-state index in [1.165, 1.54) is 17.1 Å². The van der Waals surface area contributed by atoms with Crippen LogP contribution in [0.2, 0.25) is 0 Å². The summed E-state index contributed by atoms with van der Waals surface area (Å²) in [7, 11) is 3.20. The number of benzene rings is 2. The highest BCUT2D eigenvalue weighted by Crippen LogP contribution is 2.32. The van der Waals surface area contributed by atoms with E-state index in [9.17, 15) is 4.79 Å². The van der Waals surface area contributed by atoms with E-state index in [1.807, 2.05) is 16.1 Å². The fraction of sp³-hybridized carbons (Fsp3) is 0.409. The van der Waals surface area contributed by atoms with Crippen molar-refractivity contribution in [1.82, 2.24) is 8.86 Å². The maximum atomic E-state index is 12.7. The number of hydrogen-bond donors (Lipinski definition) is 0. The van der Waals surface area contributed by atoms with Gasteiger partial charge >= 0.3 is 0 Å². The molecule has 0 aliphatic rings. The number of ether oxygens (including phenoxy) is 2. The first-order valence-corrected chi connectivity index (χ1v) is 10.5. The molecule has 0 bridgehead atoms. The molecule has 6 heteroatoms. The van der Waals surface area contributed by atoms with Crippen LogP contribution < -0.4 is 15.0 Å². The highest BCUT2D eigenvalue weighted by atomic mass is 32.1. The lowest BCUT2D eigenvalue weighted by molar-refractivity contribution is 0.272. The Labute approximate surface area is 170 Å². The highest BCUT2D eigenvalue weighted by molar-refractivity contribution is 7.13. The average molecular weight is 401 g/mol. The van der Waals surface area contributed by atoms with Crippen molar-refractivity contribution in [2.45, 2.75) is 32.9 Å². The molecule has 0 amide bonds. The Hall–Kier alpha value is -2.31. The van der Waals surface area contributed by atoms with Crippen LogP contribution in [-0.4, -0.2) is 36.2 Å². The zero-order valence-electron chi connectivity index (χ0n) is 16.8. The second-order valence-corrected chi connectivity index (χ2v) is 7.83. The molecule has 28 heavy (non-hydrogen) atoms. The van der Waals surface area contributed by atoms with Crippen molar-refractivity contribution in [1.29, 1.82) is 0 Å². The summed E-state index contributed by atoms with van der Waals surface area (Å²) in [5.74, 6) is 1.25. The van der Waals surface area contributed by atoms with Gasteiger partial charge in [-0.1, -0.05) is 48.8 Å². The minimum absolute atomic E-state index is 0.0533. The normalized spacial score (nSPS) is 11.3. The standard InChI is InChI=1S/C22H28N2O3S/c1-4-23(16-17-10-6-5-7-11-17)12-8-9-13-24-22(25)18-14-19(26-2)20(27-3)15-21(18)28-24/h5-7,10-11,14-15H,4,8-9,12-13,16H2,1-3H3. The van der Waals surface area contributed by atoms with Gasteiger partial charge in [-0.3, -0.25) is 13.7 Å². The van der Waals surface area contributed by atoms with Crippen LogP contribution in [0, 0.1) is 0 Å². The molecule has 1 heterocycles. The molecule has 0 unspecified atom stereocenters. The van der Waals surface area contributed by atoms with Crippen molar-refractivity contribution in [3.63, 3.8) is 0 Å². The minimum Gasteiger partial charge on any atom is -0.493 e. The van der Waals surface area contributed by atoms with Gasteiger partial charge in [-0.15, -0.1) is 0 Å². The summed E-state index contributed by atoms with van der Waals surface area (Å²) in [5, 5.41) is 0.696. The third-order valence-electron chi connectivity index (χ3n) is 4.93. The SMILES string of the molecule is CCN(CCCCn1sc2cc(OC)c(OC)cc2c1=O)Cc1ccccc1. The van der Waals surface area contributed by atoms with Gasteiger partial charge < -0.3 is 9.47 Å². The molecular formula is C22H28N2O3S. The largest absolute Gasteiger partial charge is 0.493 e. The molecule has 0 aliphatic carbocycles. The molecule has 0 N–H and O–H groups in total. The summed E-state index contributed by atoms with van der Waals surface area (Å²) in [6, 6.07) is 14.2. The summed E-state index contributed by atoms with van der Waals surface area (Å²) in [6.07, 6.45) is 2.04. The first-order chi connectivity index (χ1) is 13.7. The lowest BCUT2D eigenvalue weighted by atomic mass is 10.2. The van der Waals surface area contributed by atoms with Gasteiger partial charge in [0.2, 0.25) is 0 Å². The molecule has 2 aromatic carbocycles. The summed E-state index contributed by atoms with van der Waals surface area (Å²) >= 11 is 1.49. The molecule has 1 aromatic heterocycles. The third kappa shape index (κ3) is 4.75. The number of hydrogen-bond acceptors (Lipinski definition) is 5. The van der Waals surface area contributed by atoms with Crippen molar-refractivity contribution in [2.24, 2.45) is 0 Å². The van der Waals surface area contributed by atoms with E-state index in [0.717, 1.165) is 43.7 Å². The van der Waals surface area contributed by atoms with E-state index in [-0.39, 0.29) is 5.56 Å². The van der Waals surface area contributed by atoms with Crippen molar-refractivity contribution in [3.05, 3.63) is 58.4 Å². The lowest BCUT2D eigenvalue weighted by Crippen LogP contribution is -2.24. The second kappa shape index (κ2) is 9.75. The van der Waals surface area contributed by atoms with Crippen molar-refractivity contribution in [2.75, 3.05) is 27.3 Å². The summed E-state index contributed by atoms with van der Waals surface area (Å²) in [6.45, 7) is 5.97. The summed E-state index contributed by atoms with van der Waals surface area (Å²) < 4.78 is 13.4. The van der Waals surface area contributed by atoms with E-state index in [1.54, 1.807) is 20.3 Å². The lowest BCUT2D eigenvalue weighted by Gasteiger charge is -2.20. The monoisotopic (exact) mass is 400 g/mol. The Morgan fingerprint density at radius 3 is 2.43 bits per heavy atom. The predicted molar refractivity (Wildman–Crippen MR) is 116 cm³/mol. The minimum atomic E-state index is 0.0533. The first-order valence-electron chi connectivity index (χ1n) is 9.68. The van der Waals surface area contributed by atoms with E-state index in [2.05, 4.69) is 36.1 Å². The Morgan fingerprint density at radius 1 is 1.04 bits per heavy atom. The summed E-state index contributed by atoms with van der Waals surface area (Å²) in [4.78, 5) is 15.1. The smallest absolute Gasteiger partial charge is 0.268 e. The van der Waals surface area contributed by atoms with Crippen molar-refractivity contribution >= 4 is 21.6 Å². The Morgan fingerprint density at radius 2 is 1.75 bits per heavy atom. The molecular weight excluding hydrogens is 372 g/mol. The van der Waals surface area contributed by atoms with Crippen LogP contribution in [0.5, 0.6) is 11.5 Å². The molecule has 0 spiro atoms. The van der Waals surface area contributed by atoms with Crippen molar-refractivity contribution in [3.8, 4) is 11.5 Å². The van der Waals surface area contributed by atoms with E-state index in [0.29, 0.717) is 16.9 Å². The highest BCUT2D eigenvalue weighted by Gasteiger charge is 2.13. The number of aromatic nitrogens is 1. The molecule has 0 fully saturated rings. The Kier molecular flexibility index (Phi) is 7.12. The second-order valence-electron chi connectivity index (χ2n) is 6.76. The van der Waals surface area contributed by atoms with E-state index >= 15 is 0 Å². The number of nitrogens with zero attached hydrogens (tertiary/aromatic N) is 2. The third-order valence-corrected chi connectivity index (χ3v) is 6.04. The predicted octanol–water partition coefficient (Wildman–Crippen LogP) is 4.38. The molecule has 5 nitrogen and oxygen atoms in total. The zero-order valence-corrected chi connectivity index (χ0v) is 17.6. The molecule has 3 rings (SSSR count). The van der Waals surface area contributed by atoms with Gasteiger partial charge in [-0.25, -0.2) is 0 Å². The van der Waals surface area contributed by atoms with Gasteiger partial charge in [-0.2, -0.15) is 0 Å². The van der Waals surface area contributed by atoms with Crippen LogP contribution >= 0.6 is 11.5 Å². The first kappa shape index (κ1) is 20.4. The average Bonchev–Trinajstić information content (AvgIpc) is 3.04. The van der Waals surface area contributed by atoms with Gasteiger partial charge in [0.05, 0.1) is 24.3 Å². The molecule has 0 atom stereocenters. The maximum absolute atomic E-state index is 12.7. The van der Waals surface area contributed by atoms with E-state index < -0.39 is 0 Å². The van der Waals surface area contributed by atoms with Crippen LogP contribution in [0.15, 0.2) is 47.3 Å². The van der Waals surface area contributed by atoms with Crippen LogP contribution in [0.25, 0.3) is 10.1 Å². The van der Waals surface area contributed by atoms with E-state index in [4.69, 9.17) is 9.47 Å². The van der Waals surface area contributed by atoms with Gasteiger partial charge in [0.15, 0.2) is 11.5 Å². The van der Waals surface area contributed by atoms with Gasteiger partial charge in [0.1, 0.15) is 0 Å². The van der Waals surface area contributed by atoms with Gasteiger partial charge in [0, 0.05) is 19.2 Å². The molecule has 3 aromatic rings. The summed E-state index contributed by atoms with van der Waals surface area (Å²) in [5.41, 5.74) is 1.39. The molecule has 0 saturated heterocycles. The fourth-order valence-electron chi connectivity index (χ4n) is 3.33. The van der Waals surface area contributed by atoms with Gasteiger partial charge in [0.25, 0.3) is 5.56 Å². The van der Waals surface area contributed by atoms with Gasteiger partial charge in [-0.05, 0) is 37.6 Å². The maximum Gasteiger partial charge on any atom is 0.268 e. The molecule has 0 radical (unpaired) electrons. The van der Waals surface area contributed by atoms with Crippen LogP contribution in [0.3, 0.4) is 0 Å². The fourth-order valence-corrected chi connectivity index (χ4v) is 4.37. The zero-order chi connectivity index (χ0) is 19.9. The Bertz CT molecular complexity index is 950. The molecule has 0 aliphatic heterocycles. The number of methoxy groups -OCH3 is 2. The number of rotatable bonds is 10. The van der Waals surface area contributed by atoms with Crippen LogP contribution in [-0.2, 0) is 13.1 Å². The molecule has 0 saturated carbocycles. The van der Waals surface area contributed by atoms with Crippen LogP contribution in [0.4, 0.5) is 0 Å². The van der Waals surface area contributed by atoms with Crippen LogP contribution in [0.1, 0.15) is 25.3 Å². The number of aryl methyl sites for hydroxylation is 1. The molecule has 150 valence electrons. The quantitative estimate of drug-likeness (QED) is 0.474. The topological polar surface area (TPSA) is 43.7 Å². The Balaban J connectivity index is 1.59. The number of unbranched alkanes of at least 4 members (excludes halogenated alkanes) is 1. The van der Waals surface area contributed by atoms with Crippen molar-refractivity contribution < 1.29 is 9.47 Å².